The van der Waals surface area contributed by atoms with Gasteiger partial charge in [-0.3, -0.25) is 4.99 Å². The normalized spacial score (nSPS) is 14.8. The van der Waals surface area contributed by atoms with E-state index in [1.54, 1.807) is 42.7 Å². The quantitative estimate of drug-likeness (QED) is 0.358. The molecule has 7 heteroatoms. The van der Waals surface area contributed by atoms with E-state index in [1.807, 2.05) is 0 Å². The van der Waals surface area contributed by atoms with Gasteiger partial charge >= 0.3 is 6.18 Å². The van der Waals surface area contributed by atoms with Crippen LogP contribution >= 0.6 is 0 Å². The first-order valence-electron chi connectivity index (χ1n) is 9.41. The van der Waals surface area contributed by atoms with Crippen LogP contribution in [0.3, 0.4) is 0 Å². The SMILES string of the molecule is Oc1ccc2c(c1)C(=C(c1ccc(C(F)(F)F)cc1)c1c[nH]c3ccc(O)cc13)C=N2. The number of fused-ring (bicyclic) bond motifs is 2. The van der Waals surface area contributed by atoms with Gasteiger partial charge in [0.15, 0.2) is 0 Å². The lowest BCUT2D eigenvalue weighted by Crippen LogP contribution is -2.04. The van der Waals surface area contributed by atoms with E-state index in [9.17, 15) is 23.4 Å². The van der Waals surface area contributed by atoms with Crippen molar-refractivity contribution in [2.24, 2.45) is 4.99 Å². The molecule has 0 radical (unpaired) electrons. The minimum absolute atomic E-state index is 0.0603. The van der Waals surface area contributed by atoms with Gasteiger partial charge in [-0.25, -0.2) is 0 Å². The molecule has 0 saturated carbocycles. The minimum atomic E-state index is -4.44. The summed E-state index contributed by atoms with van der Waals surface area (Å²) < 4.78 is 39.3. The predicted molar refractivity (Wildman–Crippen MR) is 114 cm³/mol. The Balaban J connectivity index is 1.80. The fraction of sp³-hybridized carbons (Fsp3) is 0.0417. The lowest BCUT2D eigenvalue weighted by atomic mass is 9.89. The van der Waals surface area contributed by atoms with Crippen LogP contribution in [0.25, 0.3) is 22.0 Å². The van der Waals surface area contributed by atoms with Crippen LogP contribution in [0.4, 0.5) is 18.9 Å². The van der Waals surface area contributed by atoms with Gasteiger partial charge < -0.3 is 15.2 Å². The van der Waals surface area contributed by atoms with Crippen LogP contribution in [-0.4, -0.2) is 21.4 Å². The number of aromatic amines is 1. The van der Waals surface area contributed by atoms with Crippen LogP contribution in [0.15, 0.2) is 71.9 Å². The molecule has 4 aromatic rings. The molecule has 0 spiro atoms. The summed E-state index contributed by atoms with van der Waals surface area (Å²) in [6.07, 6.45) is -1.05. The molecule has 31 heavy (non-hydrogen) atoms. The van der Waals surface area contributed by atoms with Crippen molar-refractivity contribution < 1.29 is 23.4 Å². The summed E-state index contributed by atoms with van der Waals surface area (Å²) in [4.78, 5) is 7.54. The highest BCUT2D eigenvalue weighted by molar-refractivity contribution is 6.27. The number of rotatable bonds is 2. The van der Waals surface area contributed by atoms with Crippen LogP contribution < -0.4 is 0 Å². The molecule has 0 atom stereocenters. The fourth-order valence-corrected chi connectivity index (χ4v) is 3.85. The number of benzene rings is 3. The average Bonchev–Trinajstić information content (AvgIpc) is 3.33. The number of aromatic nitrogens is 1. The zero-order valence-corrected chi connectivity index (χ0v) is 15.9. The molecule has 1 aliphatic rings. The van der Waals surface area contributed by atoms with Gasteiger partial charge in [0, 0.05) is 45.6 Å². The van der Waals surface area contributed by atoms with Gasteiger partial charge in [0.25, 0.3) is 0 Å². The Kier molecular flexibility index (Phi) is 4.15. The third-order valence-electron chi connectivity index (χ3n) is 5.31. The number of alkyl halides is 3. The van der Waals surface area contributed by atoms with Crippen LogP contribution in [0.1, 0.15) is 22.3 Å². The van der Waals surface area contributed by atoms with Crippen molar-refractivity contribution in [2.45, 2.75) is 6.18 Å². The monoisotopic (exact) mass is 420 g/mol. The Morgan fingerprint density at radius 3 is 2.32 bits per heavy atom. The summed E-state index contributed by atoms with van der Waals surface area (Å²) in [5, 5.41) is 20.7. The van der Waals surface area contributed by atoms with Crippen LogP contribution in [-0.2, 0) is 6.18 Å². The van der Waals surface area contributed by atoms with E-state index in [4.69, 9.17) is 0 Å². The summed E-state index contributed by atoms with van der Waals surface area (Å²) in [5.74, 6) is 0.133. The van der Waals surface area contributed by atoms with Gasteiger partial charge in [0.1, 0.15) is 11.5 Å². The summed E-state index contributed by atoms with van der Waals surface area (Å²) >= 11 is 0. The van der Waals surface area contributed by atoms with E-state index in [0.717, 1.165) is 17.6 Å². The molecule has 1 aromatic heterocycles. The van der Waals surface area contributed by atoms with Crippen LogP contribution in [0.5, 0.6) is 11.5 Å². The zero-order chi connectivity index (χ0) is 21.8. The molecule has 0 saturated heterocycles. The maximum absolute atomic E-state index is 13.1. The number of phenolic OH excluding ortho intramolecular Hbond substituents is 2. The third kappa shape index (κ3) is 3.24. The van der Waals surface area contributed by atoms with Crippen molar-refractivity contribution in [1.82, 2.24) is 4.98 Å². The number of phenols is 2. The number of halogens is 3. The van der Waals surface area contributed by atoms with Crippen molar-refractivity contribution in [3.05, 3.63) is 89.1 Å². The maximum Gasteiger partial charge on any atom is 0.416 e. The molecule has 2 heterocycles. The first-order chi connectivity index (χ1) is 14.8. The van der Waals surface area contributed by atoms with Gasteiger partial charge in [-0.15, -0.1) is 0 Å². The number of aliphatic imine (C=N–C) groups is 1. The number of hydrogen-bond donors (Lipinski definition) is 3. The van der Waals surface area contributed by atoms with Gasteiger partial charge in [-0.1, -0.05) is 12.1 Å². The largest absolute Gasteiger partial charge is 0.508 e. The number of hydrogen-bond acceptors (Lipinski definition) is 3. The molecular formula is C24H15F3N2O2. The van der Waals surface area contributed by atoms with E-state index in [1.165, 1.54) is 18.2 Å². The molecule has 0 bridgehead atoms. The number of allylic oxidation sites excluding steroid dienone is 1. The van der Waals surface area contributed by atoms with Gasteiger partial charge in [0.2, 0.25) is 0 Å². The van der Waals surface area contributed by atoms with E-state index >= 15 is 0 Å². The van der Waals surface area contributed by atoms with E-state index in [0.29, 0.717) is 38.9 Å². The molecule has 3 aromatic carbocycles. The topological polar surface area (TPSA) is 68.6 Å². The van der Waals surface area contributed by atoms with Gasteiger partial charge in [-0.05, 0) is 54.1 Å². The lowest BCUT2D eigenvalue weighted by molar-refractivity contribution is -0.137. The second-order valence-electron chi connectivity index (χ2n) is 7.26. The van der Waals surface area contributed by atoms with Crippen LogP contribution in [0, 0.1) is 0 Å². The fourth-order valence-electron chi connectivity index (χ4n) is 3.85. The van der Waals surface area contributed by atoms with Gasteiger partial charge in [0.05, 0.1) is 11.3 Å². The first-order valence-corrected chi connectivity index (χ1v) is 9.41. The summed E-state index contributed by atoms with van der Waals surface area (Å²) in [6.45, 7) is 0. The minimum Gasteiger partial charge on any atom is -0.508 e. The van der Waals surface area contributed by atoms with Crippen molar-refractivity contribution in [1.29, 1.82) is 0 Å². The Labute approximate surface area is 174 Å². The molecule has 3 N–H and O–H groups in total. The molecule has 0 amide bonds. The molecular weight excluding hydrogens is 405 g/mol. The average molecular weight is 420 g/mol. The van der Waals surface area contributed by atoms with E-state index in [2.05, 4.69) is 9.98 Å². The highest BCUT2D eigenvalue weighted by atomic mass is 19.4. The molecule has 1 aliphatic heterocycles. The second kappa shape index (κ2) is 6.77. The Bertz CT molecular complexity index is 1380. The standard InChI is InChI=1S/C24H15F3N2O2/c25-24(26,27)14-3-1-13(2-4-14)23(19-11-28-21-7-5-15(30)9-17(19)21)20-12-29-22-8-6-16(31)10-18(20)22/h1-12,28,30-31H. The van der Waals surface area contributed by atoms with E-state index < -0.39 is 11.7 Å². The van der Waals surface area contributed by atoms with Gasteiger partial charge in [-0.2, -0.15) is 13.2 Å². The summed E-state index contributed by atoms with van der Waals surface area (Å²) in [7, 11) is 0. The van der Waals surface area contributed by atoms with Crippen LogP contribution in [0.2, 0.25) is 0 Å². The first kappa shape index (κ1) is 19.0. The maximum atomic E-state index is 13.1. The predicted octanol–water partition coefficient (Wildman–Crippen LogP) is 6.27. The number of H-pyrrole nitrogens is 1. The number of nitrogens with zero attached hydrogens (tertiary/aromatic N) is 1. The van der Waals surface area contributed by atoms with E-state index in [-0.39, 0.29) is 11.5 Å². The molecule has 5 rings (SSSR count). The summed E-state index contributed by atoms with van der Waals surface area (Å²) in [6, 6.07) is 14.6. The second-order valence-corrected chi connectivity index (χ2v) is 7.26. The zero-order valence-electron chi connectivity index (χ0n) is 15.9. The number of nitrogens with one attached hydrogen (secondary N) is 1. The molecule has 0 aliphatic carbocycles. The molecule has 0 fully saturated rings. The Hall–Kier alpha value is -4.00. The molecule has 154 valence electrons. The number of aromatic hydroxyl groups is 2. The van der Waals surface area contributed by atoms with Crippen molar-refractivity contribution >= 4 is 34.0 Å². The summed E-state index contributed by atoms with van der Waals surface area (Å²) in [5.41, 5.74) is 3.90. The highest BCUT2D eigenvalue weighted by Gasteiger charge is 2.30. The third-order valence-corrected chi connectivity index (χ3v) is 5.31. The Morgan fingerprint density at radius 1 is 0.871 bits per heavy atom. The smallest absolute Gasteiger partial charge is 0.416 e. The molecule has 0 unspecified atom stereocenters. The highest BCUT2D eigenvalue weighted by Crippen LogP contribution is 2.43. The van der Waals surface area contributed by atoms with Crippen molar-refractivity contribution in [3.8, 4) is 11.5 Å². The Morgan fingerprint density at radius 2 is 1.58 bits per heavy atom. The van der Waals surface area contributed by atoms with Crippen molar-refractivity contribution in [2.75, 3.05) is 0 Å². The van der Waals surface area contributed by atoms with Crippen molar-refractivity contribution in [3.63, 3.8) is 0 Å². The molecule has 4 nitrogen and oxygen atoms in total. The lowest BCUT2D eigenvalue weighted by Gasteiger charge is -2.14.